The minimum Gasteiger partial charge on any atom is -0.497 e. The van der Waals surface area contributed by atoms with E-state index in [1.807, 2.05) is 12.1 Å². The molecule has 0 bridgehead atoms. The molecule has 0 aromatic heterocycles. The fourth-order valence-electron chi connectivity index (χ4n) is 2.32. The number of amides is 2. The van der Waals surface area contributed by atoms with E-state index in [0.29, 0.717) is 23.6 Å². The summed E-state index contributed by atoms with van der Waals surface area (Å²) in [6, 6.07) is 14.2. The molecule has 0 fully saturated rings. The summed E-state index contributed by atoms with van der Waals surface area (Å²) in [5.74, 6) is 0.156. The van der Waals surface area contributed by atoms with Gasteiger partial charge in [0.1, 0.15) is 5.75 Å². The molecule has 0 aliphatic carbocycles. The Kier molecular flexibility index (Phi) is 6.54. The maximum absolute atomic E-state index is 12.4. The van der Waals surface area contributed by atoms with Crippen molar-refractivity contribution in [1.29, 1.82) is 0 Å². The van der Waals surface area contributed by atoms with E-state index in [0.717, 1.165) is 5.56 Å². The van der Waals surface area contributed by atoms with E-state index in [4.69, 9.17) is 9.47 Å². The standard InChI is InChI=1S/C19H22N2O4/c1-21(19(23)15-9-7-14(8-10-15)13-24-2)12-18(22)20-16-5-4-6-17(11-16)25-3/h4-11H,12-13H2,1-3H3,(H,20,22). The van der Waals surface area contributed by atoms with Crippen LogP contribution in [0, 0.1) is 0 Å². The van der Waals surface area contributed by atoms with Crippen molar-refractivity contribution in [3.05, 3.63) is 59.7 Å². The Balaban J connectivity index is 1.94. The van der Waals surface area contributed by atoms with Crippen LogP contribution in [0.4, 0.5) is 5.69 Å². The summed E-state index contributed by atoms with van der Waals surface area (Å²) >= 11 is 0. The normalized spacial score (nSPS) is 10.2. The van der Waals surface area contributed by atoms with Gasteiger partial charge in [-0.1, -0.05) is 18.2 Å². The molecule has 0 heterocycles. The van der Waals surface area contributed by atoms with Crippen molar-refractivity contribution in [2.45, 2.75) is 6.61 Å². The summed E-state index contributed by atoms with van der Waals surface area (Å²) < 4.78 is 10.2. The first-order valence-electron chi connectivity index (χ1n) is 7.80. The zero-order chi connectivity index (χ0) is 18.2. The highest BCUT2D eigenvalue weighted by atomic mass is 16.5. The smallest absolute Gasteiger partial charge is 0.254 e. The minimum absolute atomic E-state index is 0.0458. The van der Waals surface area contributed by atoms with E-state index < -0.39 is 0 Å². The van der Waals surface area contributed by atoms with Crippen LogP contribution < -0.4 is 10.1 Å². The summed E-state index contributed by atoms with van der Waals surface area (Å²) in [4.78, 5) is 25.9. The number of likely N-dealkylation sites (N-methyl/N-ethyl adjacent to an activating group) is 1. The van der Waals surface area contributed by atoms with Crippen LogP contribution in [0.15, 0.2) is 48.5 Å². The molecule has 2 aromatic rings. The Morgan fingerprint density at radius 1 is 1.08 bits per heavy atom. The molecule has 0 saturated heterocycles. The summed E-state index contributed by atoms with van der Waals surface area (Å²) in [6.45, 7) is 0.448. The molecule has 0 aliphatic rings. The van der Waals surface area contributed by atoms with E-state index in [-0.39, 0.29) is 18.4 Å². The van der Waals surface area contributed by atoms with E-state index >= 15 is 0 Å². The maximum Gasteiger partial charge on any atom is 0.254 e. The third-order valence-corrected chi connectivity index (χ3v) is 3.59. The monoisotopic (exact) mass is 342 g/mol. The molecule has 132 valence electrons. The predicted molar refractivity (Wildman–Crippen MR) is 95.7 cm³/mol. The second kappa shape index (κ2) is 8.84. The van der Waals surface area contributed by atoms with E-state index in [2.05, 4.69) is 5.32 Å². The van der Waals surface area contributed by atoms with Crippen molar-refractivity contribution in [2.75, 3.05) is 33.1 Å². The Morgan fingerprint density at radius 2 is 1.80 bits per heavy atom. The Morgan fingerprint density at radius 3 is 2.44 bits per heavy atom. The number of methoxy groups -OCH3 is 2. The molecule has 0 aliphatic heterocycles. The van der Waals surface area contributed by atoms with Crippen LogP contribution in [-0.2, 0) is 16.1 Å². The fraction of sp³-hybridized carbons (Fsp3) is 0.263. The number of hydrogen-bond acceptors (Lipinski definition) is 4. The summed E-state index contributed by atoms with van der Waals surface area (Å²) in [5, 5.41) is 2.75. The lowest BCUT2D eigenvalue weighted by molar-refractivity contribution is -0.116. The Bertz CT molecular complexity index is 728. The van der Waals surface area contributed by atoms with Crippen molar-refractivity contribution in [3.63, 3.8) is 0 Å². The van der Waals surface area contributed by atoms with Gasteiger partial charge in [-0.2, -0.15) is 0 Å². The summed E-state index contributed by atoms with van der Waals surface area (Å²) in [7, 11) is 4.77. The summed E-state index contributed by atoms with van der Waals surface area (Å²) in [5.41, 5.74) is 2.13. The zero-order valence-corrected chi connectivity index (χ0v) is 14.6. The average Bonchev–Trinajstić information content (AvgIpc) is 2.62. The lowest BCUT2D eigenvalue weighted by Crippen LogP contribution is -2.34. The number of ether oxygens (including phenoxy) is 2. The quantitative estimate of drug-likeness (QED) is 0.840. The lowest BCUT2D eigenvalue weighted by atomic mass is 10.1. The van der Waals surface area contributed by atoms with E-state index in [9.17, 15) is 9.59 Å². The number of carbonyl (C=O) groups excluding carboxylic acids is 2. The van der Waals surface area contributed by atoms with Crippen LogP contribution in [-0.4, -0.2) is 44.5 Å². The van der Waals surface area contributed by atoms with Gasteiger partial charge in [-0.25, -0.2) is 0 Å². The molecule has 25 heavy (non-hydrogen) atoms. The first kappa shape index (κ1) is 18.5. The molecule has 0 unspecified atom stereocenters. The third-order valence-electron chi connectivity index (χ3n) is 3.59. The molecule has 6 heteroatoms. The van der Waals surface area contributed by atoms with Crippen LogP contribution in [0.2, 0.25) is 0 Å². The molecule has 2 amide bonds. The number of nitrogens with zero attached hydrogens (tertiary/aromatic N) is 1. The largest absolute Gasteiger partial charge is 0.497 e. The maximum atomic E-state index is 12.4. The molecule has 1 N–H and O–H groups in total. The minimum atomic E-state index is -0.278. The zero-order valence-electron chi connectivity index (χ0n) is 14.6. The van der Waals surface area contributed by atoms with Crippen molar-refractivity contribution in [1.82, 2.24) is 4.90 Å². The van der Waals surface area contributed by atoms with Crippen molar-refractivity contribution >= 4 is 17.5 Å². The second-order valence-corrected chi connectivity index (χ2v) is 5.57. The lowest BCUT2D eigenvalue weighted by Gasteiger charge is -2.17. The molecular weight excluding hydrogens is 320 g/mol. The number of nitrogens with one attached hydrogen (secondary N) is 1. The van der Waals surface area contributed by atoms with Gasteiger partial charge in [0.2, 0.25) is 5.91 Å². The van der Waals surface area contributed by atoms with Crippen molar-refractivity contribution in [3.8, 4) is 5.75 Å². The number of carbonyl (C=O) groups is 2. The van der Waals surface area contributed by atoms with E-state index in [1.54, 1.807) is 57.7 Å². The molecular formula is C19H22N2O4. The fourth-order valence-corrected chi connectivity index (χ4v) is 2.32. The first-order valence-corrected chi connectivity index (χ1v) is 7.80. The topological polar surface area (TPSA) is 67.9 Å². The molecule has 0 radical (unpaired) electrons. The molecule has 2 aromatic carbocycles. The van der Waals surface area contributed by atoms with Gasteiger partial charge >= 0.3 is 0 Å². The SMILES string of the molecule is COCc1ccc(C(=O)N(C)CC(=O)Nc2cccc(OC)c2)cc1. The van der Waals surface area contributed by atoms with Gasteiger partial charge in [-0.15, -0.1) is 0 Å². The predicted octanol–water partition coefficient (Wildman–Crippen LogP) is 2.55. The van der Waals surface area contributed by atoms with Crippen molar-refractivity contribution in [2.24, 2.45) is 0 Å². The van der Waals surface area contributed by atoms with Crippen LogP contribution in [0.5, 0.6) is 5.75 Å². The highest BCUT2D eigenvalue weighted by Gasteiger charge is 2.15. The van der Waals surface area contributed by atoms with Crippen LogP contribution >= 0.6 is 0 Å². The first-order chi connectivity index (χ1) is 12.0. The van der Waals surface area contributed by atoms with Gasteiger partial charge in [0.25, 0.3) is 5.91 Å². The van der Waals surface area contributed by atoms with Gasteiger partial charge in [-0.05, 0) is 29.8 Å². The number of anilines is 1. The number of hydrogen-bond donors (Lipinski definition) is 1. The molecule has 0 spiro atoms. The van der Waals surface area contributed by atoms with E-state index in [1.165, 1.54) is 4.90 Å². The van der Waals surface area contributed by atoms with Crippen LogP contribution in [0.25, 0.3) is 0 Å². The Labute approximate surface area is 147 Å². The molecule has 0 atom stereocenters. The molecule has 2 rings (SSSR count). The summed E-state index contributed by atoms with van der Waals surface area (Å²) in [6.07, 6.45) is 0. The Hall–Kier alpha value is -2.86. The van der Waals surface area contributed by atoms with Crippen LogP contribution in [0.1, 0.15) is 15.9 Å². The molecule has 0 saturated carbocycles. The van der Waals surface area contributed by atoms with Gasteiger partial charge in [-0.3, -0.25) is 9.59 Å². The highest BCUT2D eigenvalue weighted by Crippen LogP contribution is 2.16. The molecule has 6 nitrogen and oxygen atoms in total. The third kappa shape index (κ3) is 5.32. The van der Waals surface area contributed by atoms with Gasteiger partial charge in [0, 0.05) is 31.5 Å². The second-order valence-electron chi connectivity index (χ2n) is 5.57. The number of benzene rings is 2. The van der Waals surface area contributed by atoms with Gasteiger partial charge < -0.3 is 19.7 Å². The van der Waals surface area contributed by atoms with Crippen molar-refractivity contribution < 1.29 is 19.1 Å². The van der Waals surface area contributed by atoms with Crippen LogP contribution in [0.3, 0.4) is 0 Å². The van der Waals surface area contributed by atoms with Gasteiger partial charge in [0.05, 0.1) is 20.3 Å². The highest BCUT2D eigenvalue weighted by molar-refractivity contribution is 5.99. The van der Waals surface area contributed by atoms with Gasteiger partial charge in [0.15, 0.2) is 0 Å². The number of rotatable bonds is 7. The average molecular weight is 342 g/mol.